The second kappa shape index (κ2) is 5.71. The first-order chi connectivity index (χ1) is 9.10. The highest BCUT2D eigenvalue weighted by Crippen LogP contribution is 2.20. The minimum Gasteiger partial charge on any atom is -0.497 e. The fraction of sp³-hybridized carbons (Fsp3) is 0.143. The SMILES string of the molecule is COc1cccc(NC(=O)c2cnc(C)cc2Cl)c1. The molecule has 2 aromatic rings. The number of anilines is 1. The molecule has 5 heteroatoms. The topological polar surface area (TPSA) is 51.2 Å². The maximum Gasteiger partial charge on any atom is 0.258 e. The molecule has 0 bridgehead atoms. The van der Waals surface area contributed by atoms with Gasteiger partial charge in [-0.05, 0) is 25.1 Å². The van der Waals surface area contributed by atoms with Gasteiger partial charge in [0.2, 0.25) is 0 Å². The Labute approximate surface area is 116 Å². The number of halogens is 1. The molecular formula is C14H13ClN2O2. The third kappa shape index (κ3) is 3.23. The van der Waals surface area contributed by atoms with E-state index in [9.17, 15) is 4.79 Å². The second-order valence-electron chi connectivity index (χ2n) is 3.99. The molecule has 0 aliphatic rings. The van der Waals surface area contributed by atoms with Gasteiger partial charge in [0.15, 0.2) is 0 Å². The molecule has 0 atom stereocenters. The van der Waals surface area contributed by atoms with Gasteiger partial charge in [-0.15, -0.1) is 0 Å². The van der Waals surface area contributed by atoms with Gasteiger partial charge in [0.1, 0.15) is 5.75 Å². The van der Waals surface area contributed by atoms with Gasteiger partial charge >= 0.3 is 0 Å². The van der Waals surface area contributed by atoms with Crippen LogP contribution in [0.2, 0.25) is 5.02 Å². The van der Waals surface area contributed by atoms with Crippen molar-refractivity contribution in [3.8, 4) is 5.75 Å². The predicted octanol–water partition coefficient (Wildman–Crippen LogP) is 3.30. The highest BCUT2D eigenvalue weighted by molar-refractivity contribution is 6.34. The Morgan fingerprint density at radius 2 is 2.16 bits per heavy atom. The summed E-state index contributed by atoms with van der Waals surface area (Å²) in [5.41, 5.74) is 1.75. The number of rotatable bonds is 3. The molecule has 1 heterocycles. The van der Waals surface area contributed by atoms with Crippen molar-refractivity contribution in [3.05, 3.63) is 52.8 Å². The lowest BCUT2D eigenvalue weighted by Crippen LogP contribution is -2.13. The average molecular weight is 277 g/mol. The molecule has 0 aliphatic carbocycles. The molecule has 1 aromatic carbocycles. The Morgan fingerprint density at radius 3 is 2.84 bits per heavy atom. The Hall–Kier alpha value is -2.07. The summed E-state index contributed by atoms with van der Waals surface area (Å²) in [4.78, 5) is 16.1. The van der Waals surface area contributed by atoms with Crippen LogP contribution in [0.25, 0.3) is 0 Å². The summed E-state index contributed by atoms with van der Waals surface area (Å²) in [6.45, 7) is 1.82. The monoisotopic (exact) mass is 276 g/mol. The third-order valence-electron chi connectivity index (χ3n) is 2.56. The predicted molar refractivity (Wildman–Crippen MR) is 74.9 cm³/mol. The number of nitrogens with zero attached hydrogens (tertiary/aromatic N) is 1. The molecule has 98 valence electrons. The Morgan fingerprint density at radius 1 is 1.37 bits per heavy atom. The number of carbonyl (C=O) groups excluding carboxylic acids is 1. The maximum absolute atomic E-state index is 12.1. The molecule has 0 spiro atoms. The summed E-state index contributed by atoms with van der Waals surface area (Å²) in [6, 6.07) is 8.75. The fourth-order valence-electron chi connectivity index (χ4n) is 1.59. The van der Waals surface area contributed by atoms with Crippen LogP contribution in [0.5, 0.6) is 5.75 Å². The molecule has 4 nitrogen and oxygen atoms in total. The second-order valence-corrected chi connectivity index (χ2v) is 4.40. The zero-order chi connectivity index (χ0) is 13.8. The fourth-order valence-corrected chi connectivity index (χ4v) is 1.89. The van der Waals surface area contributed by atoms with E-state index in [0.717, 1.165) is 5.69 Å². The first-order valence-corrected chi connectivity index (χ1v) is 6.05. The first-order valence-electron chi connectivity index (χ1n) is 5.67. The van der Waals surface area contributed by atoms with E-state index >= 15 is 0 Å². The van der Waals surface area contributed by atoms with Gasteiger partial charge in [0, 0.05) is 23.6 Å². The summed E-state index contributed by atoms with van der Waals surface area (Å²) in [7, 11) is 1.57. The van der Waals surface area contributed by atoms with Gasteiger partial charge < -0.3 is 10.1 Å². The minimum atomic E-state index is -0.300. The summed E-state index contributed by atoms with van der Waals surface area (Å²) >= 11 is 6.02. The van der Waals surface area contributed by atoms with Gasteiger partial charge in [0.25, 0.3) is 5.91 Å². The van der Waals surface area contributed by atoms with Crippen LogP contribution in [-0.2, 0) is 0 Å². The van der Waals surface area contributed by atoms with Crippen molar-refractivity contribution >= 4 is 23.2 Å². The van der Waals surface area contributed by atoms with E-state index in [2.05, 4.69) is 10.3 Å². The molecule has 0 aliphatic heterocycles. The zero-order valence-electron chi connectivity index (χ0n) is 10.6. The van der Waals surface area contributed by atoms with Crippen molar-refractivity contribution in [2.24, 2.45) is 0 Å². The molecular weight excluding hydrogens is 264 g/mol. The zero-order valence-corrected chi connectivity index (χ0v) is 11.4. The van der Waals surface area contributed by atoms with E-state index < -0.39 is 0 Å². The van der Waals surface area contributed by atoms with E-state index in [4.69, 9.17) is 16.3 Å². The third-order valence-corrected chi connectivity index (χ3v) is 2.88. The van der Waals surface area contributed by atoms with Crippen molar-refractivity contribution in [2.75, 3.05) is 12.4 Å². The summed E-state index contributed by atoms with van der Waals surface area (Å²) < 4.78 is 5.09. The number of aromatic nitrogens is 1. The van der Waals surface area contributed by atoms with Gasteiger partial charge in [0.05, 0.1) is 17.7 Å². The van der Waals surface area contributed by atoms with Gasteiger partial charge in [-0.2, -0.15) is 0 Å². The van der Waals surface area contributed by atoms with E-state index in [-0.39, 0.29) is 5.91 Å². The Bertz CT molecular complexity index is 614. The van der Waals surface area contributed by atoms with Crippen molar-refractivity contribution in [2.45, 2.75) is 6.92 Å². The number of nitrogens with one attached hydrogen (secondary N) is 1. The highest BCUT2D eigenvalue weighted by Gasteiger charge is 2.11. The Balaban J connectivity index is 2.20. The lowest BCUT2D eigenvalue weighted by Gasteiger charge is -2.08. The maximum atomic E-state index is 12.1. The molecule has 1 aromatic heterocycles. The van der Waals surface area contributed by atoms with Crippen LogP contribution >= 0.6 is 11.6 Å². The van der Waals surface area contributed by atoms with Crippen molar-refractivity contribution in [3.63, 3.8) is 0 Å². The molecule has 1 amide bonds. The molecule has 1 N–H and O–H groups in total. The normalized spacial score (nSPS) is 10.1. The molecule has 0 unspecified atom stereocenters. The quantitative estimate of drug-likeness (QED) is 0.936. The smallest absolute Gasteiger partial charge is 0.258 e. The molecule has 2 rings (SSSR count). The summed E-state index contributed by atoms with van der Waals surface area (Å²) in [6.07, 6.45) is 1.47. The number of pyridine rings is 1. The van der Waals surface area contributed by atoms with Gasteiger partial charge in [-0.1, -0.05) is 17.7 Å². The molecule has 0 fully saturated rings. The standard InChI is InChI=1S/C14H13ClN2O2/c1-9-6-13(15)12(8-16-9)14(18)17-10-4-3-5-11(7-10)19-2/h3-8H,1-2H3,(H,17,18). The number of methoxy groups -OCH3 is 1. The van der Waals surface area contributed by atoms with E-state index in [1.807, 2.05) is 6.92 Å². The molecule has 0 saturated heterocycles. The largest absolute Gasteiger partial charge is 0.497 e. The Kier molecular flexibility index (Phi) is 4.02. The van der Waals surface area contributed by atoms with Crippen LogP contribution in [-0.4, -0.2) is 18.0 Å². The molecule has 0 saturated carbocycles. The van der Waals surface area contributed by atoms with Crippen LogP contribution in [0.3, 0.4) is 0 Å². The number of carbonyl (C=O) groups is 1. The van der Waals surface area contributed by atoms with Crippen molar-refractivity contribution < 1.29 is 9.53 Å². The number of benzene rings is 1. The number of hydrogen-bond acceptors (Lipinski definition) is 3. The summed E-state index contributed by atoms with van der Waals surface area (Å²) in [5, 5.41) is 3.13. The van der Waals surface area contributed by atoms with Crippen LogP contribution < -0.4 is 10.1 Å². The highest BCUT2D eigenvalue weighted by atomic mass is 35.5. The van der Waals surface area contributed by atoms with Crippen LogP contribution in [0.15, 0.2) is 36.5 Å². The summed E-state index contributed by atoms with van der Waals surface area (Å²) in [5.74, 6) is 0.372. The van der Waals surface area contributed by atoms with Gasteiger partial charge in [-0.25, -0.2) is 0 Å². The van der Waals surface area contributed by atoms with Crippen LogP contribution in [0.4, 0.5) is 5.69 Å². The lowest BCUT2D eigenvalue weighted by molar-refractivity contribution is 0.102. The lowest BCUT2D eigenvalue weighted by atomic mass is 10.2. The first kappa shape index (κ1) is 13.4. The molecule has 0 radical (unpaired) electrons. The van der Waals surface area contributed by atoms with E-state index in [1.165, 1.54) is 6.20 Å². The number of aryl methyl sites for hydroxylation is 1. The number of amides is 1. The van der Waals surface area contributed by atoms with E-state index in [1.54, 1.807) is 37.4 Å². The van der Waals surface area contributed by atoms with Crippen LogP contribution in [0.1, 0.15) is 16.1 Å². The average Bonchev–Trinajstić information content (AvgIpc) is 2.38. The van der Waals surface area contributed by atoms with Gasteiger partial charge in [-0.3, -0.25) is 9.78 Å². The molecule has 19 heavy (non-hydrogen) atoms. The van der Waals surface area contributed by atoms with Crippen LogP contribution in [0, 0.1) is 6.92 Å². The minimum absolute atomic E-state index is 0.300. The van der Waals surface area contributed by atoms with Crippen molar-refractivity contribution in [1.29, 1.82) is 0 Å². The number of hydrogen-bond donors (Lipinski definition) is 1. The van der Waals surface area contributed by atoms with Crippen molar-refractivity contribution in [1.82, 2.24) is 4.98 Å². The van der Waals surface area contributed by atoms with E-state index in [0.29, 0.717) is 22.0 Å². The number of ether oxygens (including phenoxy) is 1.